The second kappa shape index (κ2) is 3.79. The van der Waals surface area contributed by atoms with Crippen molar-refractivity contribution in [1.29, 1.82) is 5.26 Å². The van der Waals surface area contributed by atoms with Crippen LogP contribution in [-0.4, -0.2) is 32.9 Å². The highest BCUT2D eigenvalue weighted by molar-refractivity contribution is 6.67. The SMILES string of the molecule is CCN1N=CN(C(Cl)(Cl)Cl)C1C#N. The lowest BCUT2D eigenvalue weighted by Gasteiger charge is -2.29. The van der Waals surface area contributed by atoms with Crippen molar-refractivity contribution in [2.75, 3.05) is 6.54 Å². The lowest BCUT2D eigenvalue weighted by atomic mass is 10.5. The van der Waals surface area contributed by atoms with Crippen LogP contribution in [0.1, 0.15) is 6.92 Å². The van der Waals surface area contributed by atoms with Crippen molar-refractivity contribution in [1.82, 2.24) is 9.91 Å². The van der Waals surface area contributed by atoms with Crippen molar-refractivity contribution in [2.24, 2.45) is 5.10 Å². The smallest absolute Gasteiger partial charge is 0.271 e. The highest BCUT2D eigenvalue weighted by Gasteiger charge is 2.39. The predicted octanol–water partition coefficient (Wildman–Crippen LogP) is 1.74. The van der Waals surface area contributed by atoms with Gasteiger partial charge in [-0.25, -0.2) is 0 Å². The van der Waals surface area contributed by atoms with Gasteiger partial charge in [0.1, 0.15) is 12.4 Å². The maximum Gasteiger partial charge on any atom is 0.271 e. The van der Waals surface area contributed by atoms with Crippen LogP contribution in [0.4, 0.5) is 0 Å². The van der Waals surface area contributed by atoms with E-state index in [0.717, 1.165) is 0 Å². The molecular formula is C6H7Cl3N4. The van der Waals surface area contributed by atoms with Crippen LogP contribution in [0.3, 0.4) is 0 Å². The van der Waals surface area contributed by atoms with E-state index in [4.69, 9.17) is 40.1 Å². The van der Waals surface area contributed by atoms with Crippen molar-refractivity contribution < 1.29 is 0 Å². The summed E-state index contributed by atoms with van der Waals surface area (Å²) in [6, 6.07) is 2.00. The summed E-state index contributed by atoms with van der Waals surface area (Å²) in [4.78, 5) is 1.27. The minimum atomic E-state index is -1.63. The van der Waals surface area contributed by atoms with Gasteiger partial charge in [0.15, 0.2) is 0 Å². The molecule has 0 saturated carbocycles. The fourth-order valence-corrected chi connectivity index (χ4v) is 1.39. The molecule has 1 aliphatic rings. The minimum Gasteiger partial charge on any atom is -0.282 e. The van der Waals surface area contributed by atoms with Crippen molar-refractivity contribution in [3.8, 4) is 6.07 Å². The zero-order valence-corrected chi connectivity index (χ0v) is 9.05. The van der Waals surface area contributed by atoms with E-state index in [2.05, 4.69) is 5.10 Å². The molecule has 0 spiro atoms. The van der Waals surface area contributed by atoms with Gasteiger partial charge in [0.25, 0.3) is 3.92 Å². The molecule has 0 amide bonds. The monoisotopic (exact) mass is 240 g/mol. The van der Waals surface area contributed by atoms with Crippen LogP contribution >= 0.6 is 34.8 Å². The van der Waals surface area contributed by atoms with Crippen LogP contribution in [-0.2, 0) is 0 Å². The summed E-state index contributed by atoms with van der Waals surface area (Å²) in [7, 11) is 0. The van der Waals surface area contributed by atoms with Gasteiger partial charge < -0.3 is 0 Å². The van der Waals surface area contributed by atoms with Crippen molar-refractivity contribution in [3.05, 3.63) is 0 Å². The van der Waals surface area contributed by atoms with Gasteiger partial charge in [-0.15, -0.1) is 0 Å². The zero-order chi connectivity index (χ0) is 10.1. The van der Waals surface area contributed by atoms with Crippen molar-refractivity contribution in [2.45, 2.75) is 17.0 Å². The molecule has 0 radical (unpaired) electrons. The largest absolute Gasteiger partial charge is 0.282 e. The summed E-state index contributed by atoms with van der Waals surface area (Å²) in [6.07, 6.45) is 0.710. The van der Waals surface area contributed by atoms with E-state index in [1.165, 1.54) is 16.2 Å². The van der Waals surface area contributed by atoms with E-state index in [0.29, 0.717) is 6.54 Å². The topological polar surface area (TPSA) is 42.6 Å². The molecule has 7 heteroatoms. The van der Waals surface area contributed by atoms with Gasteiger partial charge in [0, 0.05) is 6.54 Å². The molecule has 1 atom stereocenters. The summed E-state index contributed by atoms with van der Waals surface area (Å²) < 4.78 is -1.63. The first-order valence-corrected chi connectivity index (χ1v) is 4.69. The van der Waals surface area contributed by atoms with E-state index in [-0.39, 0.29) is 0 Å². The molecule has 72 valence electrons. The molecule has 1 unspecified atom stereocenters. The second-order valence-corrected chi connectivity index (χ2v) is 4.59. The van der Waals surface area contributed by atoms with E-state index in [1.54, 1.807) is 0 Å². The Morgan fingerprint density at radius 2 is 2.23 bits per heavy atom. The quantitative estimate of drug-likeness (QED) is 0.519. The normalized spacial score (nSPS) is 22.2. The van der Waals surface area contributed by atoms with Crippen LogP contribution in [0.2, 0.25) is 0 Å². The molecular weight excluding hydrogens is 234 g/mol. The molecule has 0 aromatic carbocycles. The third kappa shape index (κ3) is 2.11. The number of hydrazone groups is 1. The van der Waals surface area contributed by atoms with Crippen molar-refractivity contribution in [3.63, 3.8) is 0 Å². The van der Waals surface area contributed by atoms with Gasteiger partial charge >= 0.3 is 0 Å². The number of nitrogens with zero attached hydrogens (tertiary/aromatic N) is 4. The third-order valence-electron chi connectivity index (χ3n) is 1.60. The van der Waals surface area contributed by atoms with Gasteiger partial charge in [0.2, 0.25) is 6.17 Å². The summed E-state index contributed by atoms with van der Waals surface area (Å²) in [5, 5.41) is 14.3. The maximum absolute atomic E-state index is 8.81. The number of halogens is 3. The zero-order valence-electron chi connectivity index (χ0n) is 6.78. The number of hydrogen-bond acceptors (Lipinski definition) is 4. The molecule has 0 aliphatic carbocycles. The summed E-state index contributed by atoms with van der Waals surface area (Å²) in [6.45, 7) is 2.45. The van der Waals surface area contributed by atoms with Gasteiger partial charge in [-0.3, -0.25) is 9.91 Å². The van der Waals surface area contributed by atoms with Crippen LogP contribution in [0.5, 0.6) is 0 Å². The number of nitriles is 1. The summed E-state index contributed by atoms with van der Waals surface area (Å²) >= 11 is 16.9. The van der Waals surface area contributed by atoms with E-state index in [1.807, 2.05) is 13.0 Å². The molecule has 0 bridgehead atoms. The van der Waals surface area contributed by atoms with Gasteiger partial charge in [-0.05, 0) is 6.92 Å². The number of hydrogen-bond donors (Lipinski definition) is 0. The summed E-state index contributed by atoms with van der Waals surface area (Å²) in [5.74, 6) is 0. The Kier molecular flexibility index (Phi) is 3.12. The first-order chi connectivity index (χ1) is 6.00. The standard InChI is InChI=1S/C6H7Cl3N4/c1-2-13-5(3-10)12(4-11-13)6(7,8)9/h4-5H,2H2,1H3. The molecule has 0 aromatic heterocycles. The minimum absolute atomic E-state index is 0.589. The van der Waals surface area contributed by atoms with E-state index >= 15 is 0 Å². The molecule has 1 heterocycles. The summed E-state index contributed by atoms with van der Waals surface area (Å²) in [5.41, 5.74) is 0. The molecule has 0 aromatic rings. The lowest BCUT2D eigenvalue weighted by Crippen LogP contribution is -2.44. The average molecular weight is 242 g/mol. The highest BCUT2D eigenvalue weighted by atomic mass is 35.6. The van der Waals surface area contributed by atoms with Crippen LogP contribution in [0, 0.1) is 11.3 Å². The number of alkyl halides is 3. The first kappa shape index (κ1) is 10.7. The fraction of sp³-hybridized carbons (Fsp3) is 0.667. The molecule has 0 fully saturated rings. The molecule has 0 N–H and O–H groups in total. The van der Waals surface area contributed by atoms with Crippen LogP contribution in [0.15, 0.2) is 5.10 Å². The van der Waals surface area contributed by atoms with Gasteiger partial charge in [0.05, 0.1) is 0 Å². The van der Waals surface area contributed by atoms with Gasteiger partial charge in [-0.2, -0.15) is 10.4 Å². The Hall–Kier alpha value is -0.370. The molecule has 13 heavy (non-hydrogen) atoms. The maximum atomic E-state index is 8.81. The molecule has 1 rings (SSSR count). The fourth-order valence-electron chi connectivity index (χ4n) is 0.979. The van der Waals surface area contributed by atoms with Crippen molar-refractivity contribution >= 4 is 41.1 Å². The third-order valence-corrected chi connectivity index (χ3v) is 2.19. The van der Waals surface area contributed by atoms with E-state index < -0.39 is 10.1 Å². The number of rotatable bonds is 1. The Morgan fingerprint density at radius 1 is 1.62 bits per heavy atom. The highest BCUT2D eigenvalue weighted by Crippen LogP contribution is 2.34. The average Bonchev–Trinajstić information content (AvgIpc) is 2.45. The Labute approximate surface area is 91.2 Å². The van der Waals surface area contributed by atoms with E-state index in [9.17, 15) is 0 Å². The molecule has 0 saturated heterocycles. The Morgan fingerprint density at radius 3 is 2.62 bits per heavy atom. The molecule has 4 nitrogen and oxygen atoms in total. The predicted molar refractivity (Wildman–Crippen MR) is 52.4 cm³/mol. The lowest BCUT2D eigenvalue weighted by molar-refractivity contribution is 0.184. The van der Waals surface area contributed by atoms with Crippen LogP contribution in [0.25, 0.3) is 0 Å². The van der Waals surface area contributed by atoms with Gasteiger partial charge in [-0.1, -0.05) is 34.8 Å². The first-order valence-electron chi connectivity index (χ1n) is 3.56. The molecule has 1 aliphatic heterocycles. The second-order valence-electron chi connectivity index (χ2n) is 2.36. The van der Waals surface area contributed by atoms with Crippen LogP contribution < -0.4 is 0 Å². The Bertz CT molecular complexity index is 254. The Balaban J connectivity index is 2.82.